The van der Waals surface area contributed by atoms with Gasteiger partial charge in [0.05, 0.1) is 5.56 Å². The second kappa shape index (κ2) is 7.96. The van der Waals surface area contributed by atoms with Crippen molar-refractivity contribution >= 4 is 23.5 Å². The molecule has 9 heteroatoms. The molecule has 0 bridgehead atoms. The van der Waals surface area contributed by atoms with Crippen molar-refractivity contribution in [3.63, 3.8) is 0 Å². The van der Waals surface area contributed by atoms with Gasteiger partial charge in [0.1, 0.15) is 12.1 Å². The predicted octanol–water partition coefficient (Wildman–Crippen LogP) is 3.84. The number of nitrogens with zero attached hydrogens (tertiary/aromatic N) is 2. The van der Waals surface area contributed by atoms with E-state index in [0.29, 0.717) is 42.6 Å². The zero-order valence-electron chi connectivity index (χ0n) is 17.4. The number of anilines is 1. The first-order chi connectivity index (χ1) is 15.2. The van der Waals surface area contributed by atoms with E-state index in [1.165, 1.54) is 11.0 Å². The number of imide groups is 1. The van der Waals surface area contributed by atoms with Crippen molar-refractivity contribution < 1.29 is 27.6 Å². The Bertz CT molecular complexity index is 1070. The number of fused-ring (bicyclic) bond motifs is 1. The van der Waals surface area contributed by atoms with E-state index >= 15 is 0 Å². The number of aryl methyl sites for hydroxylation is 1. The van der Waals surface area contributed by atoms with E-state index in [9.17, 15) is 27.6 Å². The molecule has 2 heterocycles. The Morgan fingerprint density at radius 3 is 2.50 bits per heavy atom. The average Bonchev–Trinajstić information content (AvgIpc) is 3.03. The molecule has 2 aliphatic rings. The summed E-state index contributed by atoms with van der Waals surface area (Å²) in [6.45, 7) is 1.59. The van der Waals surface area contributed by atoms with E-state index in [1.54, 1.807) is 37.3 Å². The summed E-state index contributed by atoms with van der Waals surface area (Å²) in [7, 11) is 0. The van der Waals surface area contributed by atoms with Crippen LogP contribution in [0.2, 0.25) is 0 Å². The molecule has 168 valence electrons. The van der Waals surface area contributed by atoms with Gasteiger partial charge in [0, 0.05) is 12.2 Å². The Hall–Kier alpha value is -3.36. The monoisotopic (exact) mass is 445 g/mol. The highest BCUT2D eigenvalue weighted by molar-refractivity contribution is 6.10. The number of halogens is 3. The van der Waals surface area contributed by atoms with Crippen LogP contribution < -0.4 is 10.2 Å². The molecule has 2 aromatic rings. The summed E-state index contributed by atoms with van der Waals surface area (Å²) in [5.74, 6) is -1.04. The van der Waals surface area contributed by atoms with Crippen molar-refractivity contribution in [3.05, 3.63) is 65.2 Å². The maximum Gasteiger partial charge on any atom is 0.416 e. The highest BCUT2D eigenvalue weighted by atomic mass is 19.4. The quantitative estimate of drug-likeness (QED) is 0.727. The number of carbonyl (C=O) groups excluding carboxylic acids is 3. The number of hydrogen-bond acceptors (Lipinski definition) is 3. The number of nitrogens with one attached hydrogen (secondary N) is 1. The van der Waals surface area contributed by atoms with E-state index < -0.39 is 41.7 Å². The number of hydrogen-bond donors (Lipinski definition) is 1. The maximum absolute atomic E-state index is 13.2. The smallest absolute Gasteiger partial charge is 0.319 e. The SMILES string of the molecule is CCC1(c2ccccc2)NC(=O)N(CC(=O)N2CCCc3cc(C(F)(F)F)ccc32)C1=O. The zero-order valence-corrected chi connectivity index (χ0v) is 17.4. The molecule has 0 aromatic heterocycles. The minimum absolute atomic E-state index is 0.304. The standard InChI is InChI=1S/C23H22F3N3O3/c1-2-22(16-8-4-3-5-9-16)20(31)29(21(32)27-22)14-19(30)28-12-6-7-15-13-17(23(24,25)26)10-11-18(15)28/h3-5,8-11,13H,2,6-7,12,14H2,1H3,(H,27,32). The van der Waals surface area contributed by atoms with Crippen LogP contribution in [0.15, 0.2) is 48.5 Å². The summed E-state index contributed by atoms with van der Waals surface area (Å²) in [5, 5.41) is 2.73. The average molecular weight is 445 g/mol. The van der Waals surface area contributed by atoms with Crippen LogP contribution in [0.3, 0.4) is 0 Å². The van der Waals surface area contributed by atoms with Crippen LogP contribution in [0.25, 0.3) is 0 Å². The molecule has 6 nitrogen and oxygen atoms in total. The molecule has 4 amide bonds. The van der Waals surface area contributed by atoms with Gasteiger partial charge in [-0.2, -0.15) is 13.2 Å². The maximum atomic E-state index is 13.2. The zero-order chi connectivity index (χ0) is 23.1. The predicted molar refractivity (Wildman–Crippen MR) is 111 cm³/mol. The summed E-state index contributed by atoms with van der Waals surface area (Å²) >= 11 is 0. The lowest BCUT2D eigenvalue weighted by molar-refractivity contribution is -0.137. The Morgan fingerprint density at radius 1 is 1.12 bits per heavy atom. The molecular formula is C23H22F3N3O3. The van der Waals surface area contributed by atoms with Crippen LogP contribution in [-0.2, 0) is 27.7 Å². The lowest BCUT2D eigenvalue weighted by atomic mass is 9.87. The van der Waals surface area contributed by atoms with Gasteiger partial charge in [-0.05, 0) is 48.6 Å². The molecule has 1 fully saturated rings. The second-order valence-corrected chi connectivity index (χ2v) is 7.94. The fourth-order valence-electron chi connectivity index (χ4n) is 4.38. The Kier molecular flexibility index (Phi) is 5.44. The highest BCUT2D eigenvalue weighted by Gasteiger charge is 2.51. The van der Waals surface area contributed by atoms with Gasteiger partial charge in [0.2, 0.25) is 5.91 Å². The fourth-order valence-corrected chi connectivity index (χ4v) is 4.38. The first-order valence-corrected chi connectivity index (χ1v) is 10.4. The number of amides is 4. The van der Waals surface area contributed by atoms with Gasteiger partial charge in [0.15, 0.2) is 0 Å². The molecule has 0 saturated carbocycles. The summed E-state index contributed by atoms with van der Waals surface area (Å²) < 4.78 is 39.1. The van der Waals surface area contributed by atoms with E-state index in [-0.39, 0.29) is 0 Å². The first-order valence-electron chi connectivity index (χ1n) is 10.4. The van der Waals surface area contributed by atoms with Crippen LogP contribution in [0, 0.1) is 0 Å². The van der Waals surface area contributed by atoms with E-state index in [0.717, 1.165) is 17.0 Å². The Morgan fingerprint density at radius 2 is 1.84 bits per heavy atom. The molecular weight excluding hydrogens is 423 g/mol. The molecule has 1 unspecified atom stereocenters. The third kappa shape index (κ3) is 3.61. The summed E-state index contributed by atoms with van der Waals surface area (Å²) in [5.41, 5.74) is -0.594. The largest absolute Gasteiger partial charge is 0.416 e. The lowest BCUT2D eigenvalue weighted by Gasteiger charge is -2.31. The molecule has 2 aliphatic heterocycles. The molecule has 32 heavy (non-hydrogen) atoms. The normalized spacial score (nSPS) is 20.9. The van der Waals surface area contributed by atoms with Crippen LogP contribution >= 0.6 is 0 Å². The molecule has 0 radical (unpaired) electrons. The van der Waals surface area contributed by atoms with E-state index in [4.69, 9.17) is 0 Å². The number of alkyl halides is 3. The van der Waals surface area contributed by atoms with Gasteiger partial charge < -0.3 is 10.2 Å². The van der Waals surface area contributed by atoms with Crippen molar-refractivity contribution in [3.8, 4) is 0 Å². The van der Waals surface area contributed by atoms with Gasteiger partial charge in [0.25, 0.3) is 5.91 Å². The Balaban J connectivity index is 1.58. The fraction of sp³-hybridized carbons (Fsp3) is 0.348. The van der Waals surface area contributed by atoms with Crippen molar-refractivity contribution in [2.75, 3.05) is 18.0 Å². The lowest BCUT2D eigenvalue weighted by Crippen LogP contribution is -2.46. The first kappa shape index (κ1) is 21.9. The summed E-state index contributed by atoms with van der Waals surface area (Å²) in [6, 6.07) is 11.4. The molecule has 0 aliphatic carbocycles. The summed E-state index contributed by atoms with van der Waals surface area (Å²) in [6.07, 6.45) is -3.26. The Labute approximate surface area is 183 Å². The van der Waals surface area contributed by atoms with E-state index in [2.05, 4.69) is 5.32 Å². The molecule has 4 rings (SSSR count). The van der Waals surface area contributed by atoms with Crippen LogP contribution in [-0.4, -0.2) is 35.8 Å². The number of benzene rings is 2. The number of rotatable bonds is 4. The van der Waals surface area contributed by atoms with Gasteiger partial charge in [-0.3, -0.25) is 14.5 Å². The van der Waals surface area contributed by atoms with Gasteiger partial charge in [-0.1, -0.05) is 37.3 Å². The molecule has 1 N–H and O–H groups in total. The van der Waals surface area contributed by atoms with Gasteiger partial charge >= 0.3 is 12.2 Å². The van der Waals surface area contributed by atoms with Crippen molar-refractivity contribution in [2.45, 2.75) is 37.9 Å². The third-order valence-electron chi connectivity index (χ3n) is 6.09. The van der Waals surface area contributed by atoms with Crippen molar-refractivity contribution in [2.24, 2.45) is 0 Å². The molecule has 1 atom stereocenters. The van der Waals surface area contributed by atoms with Crippen molar-refractivity contribution in [1.29, 1.82) is 0 Å². The topological polar surface area (TPSA) is 69.7 Å². The van der Waals surface area contributed by atoms with Crippen LogP contribution in [0.1, 0.15) is 36.5 Å². The van der Waals surface area contributed by atoms with Gasteiger partial charge in [-0.25, -0.2) is 4.79 Å². The second-order valence-electron chi connectivity index (χ2n) is 7.94. The molecule has 0 spiro atoms. The number of carbonyl (C=O) groups is 3. The number of urea groups is 1. The minimum Gasteiger partial charge on any atom is -0.319 e. The summed E-state index contributed by atoms with van der Waals surface area (Å²) in [4.78, 5) is 41.2. The third-order valence-corrected chi connectivity index (χ3v) is 6.09. The minimum atomic E-state index is -4.47. The molecule has 2 aromatic carbocycles. The van der Waals surface area contributed by atoms with Crippen LogP contribution in [0.4, 0.5) is 23.7 Å². The highest BCUT2D eigenvalue weighted by Crippen LogP contribution is 2.36. The van der Waals surface area contributed by atoms with E-state index in [1.807, 2.05) is 0 Å². The van der Waals surface area contributed by atoms with Crippen LogP contribution in [0.5, 0.6) is 0 Å². The van der Waals surface area contributed by atoms with Crippen molar-refractivity contribution in [1.82, 2.24) is 10.2 Å². The van der Waals surface area contributed by atoms with Gasteiger partial charge in [-0.15, -0.1) is 0 Å². The molecule has 1 saturated heterocycles.